The Hall–Kier alpha value is -0.910. The van der Waals surface area contributed by atoms with Crippen molar-refractivity contribution in [3.8, 4) is 17.0 Å². The first-order valence-electron chi connectivity index (χ1n) is 5.62. The standard InChI is InChI=1S/C13H15BrN2OS/c1-8(15-2)13-16-11(7-18-13)9-4-5-12(17-3)10(14)6-9/h4-8,15H,1-3H3. The van der Waals surface area contributed by atoms with Crippen molar-refractivity contribution < 1.29 is 4.74 Å². The molecule has 5 heteroatoms. The van der Waals surface area contributed by atoms with Gasteiger partial charge in [-0.3, -0.25) is 0 Å². The van der Waals surface area contributed by atoms with Gasteiger partial charge in [-0.1, -0.05) is 0 Å². The zero-order valence-corrected chi connectivity index (χ0v) is 12.9. The maximum absolute atomic E-state index is 5.22. The minimum absolute atomic E-state index is 0.283. The first-order chi connectivity index (χ1) is 8.65. The van der Waals surface area contributed by atoms with Crippen LogP contribution in [0.2, 0.25) is 0 Å². The summed E-state index contributed by atoms with van der Waals surface area (Å²) in [5, 5.41) is 6.37. The third-order valence-electron chi connectivity index (χ3n) is 2.77. The summed E-state index contributed by atoms with van der Waals surface area (Å²) in [5.74, 6) is 0.831. The van der Waals surface area contributed by atoms with Crippen molar-refractivity contribution in [1.29, 1.82) is 0 Å². The Morgan fingerprint density at radius 2 is 2.22 bits per heavy atom. The van der Waals surface area contributed by atoms with Gasteiger partial charge in [0.25, 0.3) is 0 Å². The Bertz CT molecular complexity index is 542. The second-order valence-corrected chi connectivity index (χ2v) is 5.67. The van der Waals surface area contributed by atoms with Crippen LogP contribution in [-0.4, -0.2) is 19.1 Å². The number of thiazole rings is 1. The molecule has 0 aliphatic carbocycles. The number of hydrogen-bond acceptors (Lipinski definition) is 4. The van der Waals surface area contributed by atoms with E-state index in [1.807, 2.05) is 25.2 Å². The van der Waals surface area contributed by atoms with Crippen LogP contribution in [0.5, 0.6) is 5.75 Å². The van der Waals surface area contributed by atoms with Crippen molar-refractivity contribution in [2.75, 3.05) is 14.2 Å². The van der Waals surface area contributed by atoms with Gasteiger partial charge in [0.05, 0.1) is 23.3 Å². The maximum Gasteiger partial charge on any atom is 0.133 e. The van der Waals surface area contributed by atoms with Gasteiger partial charge in [-0.15, -0.1) is 11.3 Å². The Kier molecular flexibility index (Phi) is 4.37. The molecule has 0 bridgehead atoms. The molecule has 18 heavy (non-hydrogen) atoms. The molecular weight excluding hydrogens is 312 g/mol. The van der Waals surface area contributed by atoms with Crippen molar-refractivity contribution in [2.45, 2.75) is 13.0 Å². The zero-order valence-electron chi connectivity index (χ0n) is 10.5. The van der Waals surface area contributed by atoms with Crippen molar-refractivity contribution in [1.82, 2.24) is 10.3 Å². The number of halogens is 1. The molecule has 0 amide bonds. The number of hydrogen-bond donors (Lipinski definition) is 1. The lowest BCUT2D eigenvalue weighted by atomic mass is 10.2. The van der Waals surface area contributed by atoms with E-state index in [0.717, 1.165) is 26.5 Å². The molecule has 0 aliphatic rings. The second kappa shape index (κ2) is 5.82. The van der Waals surface area contributed by atoms with Crippen molar-refractivity contribution in [3.63, 3.8) is 0 Å². The lowest BCUT2D eigenvalue weighted by Crippen LogP contribution is -2.11. The molecule has 96 valence electrons. The topological polar surface area (TPSA) is 34.2 Å². The van der Waals surface area contributed by atoms with Crippen LogP contribution in [0, 0.1) is 0 Å². The smallest absolute Gasteiger partial charge is 0.133 e. The lowest BCUT2D eigenvalue weighted by Gasteiger charge is -2.06. The van der Waals surface area contributed by atoms with E-state index < -0.39 is 0 Å². The van der Waals surface area contributed by atoms with E-state index in [1.54, 1.807) is 18.4 Å². The predicted molar refractivity (Wildman–Crippen MR) is 79.3 cm³/mol. The van der Waals surface area contributed by atoms with Crippen LogP contribution in [0.3, 0.4) is 0 Å². The number of nitrogens with one attached hydrogen (secondary N) is 1. The van der Waals surface area contributed by atoms with Gasteiger partial charge in [0, 0.05) is 10.9 Å². The summed E-state index contributed by atoms with van der Waals surface area (Å²) in [7, 11) is 3.60. The molecule has 1 N–H and O–H groups in total. The number of nitrogens with zero attached hydrogens (tertiary/aromatic N) is 1. The highest BCUT2D eigenvalue weighted by atomic mass is 79.9. The Balaban J connectivity index is 2.31. The molecule has 1 atom stereocenters. The molecule has 0 saturated heterocycles. The number of aromatic nitrogens is 1. The predicted octanol–water partition coefficient (Wildman–Crippen LogP) is 3.86. The summed E-state index contributed by atoms with van der Waals surface area (Å²) in [6.45, 7) is 2.10. The number of rotatable bonds is 4. The van der Waals surface area contributed by atoms with Crippen LogP contribution < -0.4 is 10.1 Å². The molecule has 2 rings (SSSR count). The summed E-state index contributed by atoms with van der Waals surface area (Å²) in [5.41, 5.74) is 2.09. The van der Waals surface area contributed by atoms with Crippen molar-refractivity contribution >= 4 is 27.3 Å². The van der Waals surface area contributed by atoms with Gasteiger partial charge in [-0.25, -0.2) is 4.98 Å². The normalized spacial score (nSPS) is 12.4. The van der Waals surface area contributed by atoms with E-state index in [4.69, 9.17) is 4.74 Å². The molecule has 1 unspecified atom stereocenters. The summed E-state index contributed by atoms with van der Waals surface area (Å²) >= 11 is 5.16. The van der Waals surface area contributed by atoms with Crippen LogP contribution in [0.1, 0.15) is 18.0 Å². The largest absolute Gasteiger partial charge is 0.496 e. The zero-order chi connectivity index (χ0) is 13.1. The van der Waals surface area contributed by atoms with Gasteiger partial charge in [-0.2, -0.15) is 0 Å². The van der Waals surface area contributed by atoms with Gasteiger partial charge < -0.3 is 10.1 Å². The lowest BCUT2D eigenvalue weighted by molar-refractivity contribution is 0.412. The molecule has 1 aromatic heterocycles. The van der Waals surface area contributed by atoms with Crippen LogP contribution in [0.4, 0.5) is 0 Å². The quantitative estimate of drug-likeness (QED) is 0.926. The first-order valence-corrected chi connectivity index (χ1v) is 7.29. The van der Waals surface area contributed by atoms with Crippen LogP contribution >= 0.6 is 27.3 Å². The van der Waals surface area contributed by atoms with E-state index >= 15 is 0 Å². The fourth-order valence-corrected chi connectivity index (χ4v) is 3.00. The van der Waals surface area contributed by atoms with Gasteiger partial charge in [-0.05, 0) is 48.1 Å². The van der Waals surface area contributed by atoms with E-state index in [0.29, 0.717) is 0 Å². The molecule has 1 heterocycles. The molecule has 0 fully saturated rings. The summed E-state index contributed by atoms with van der Waals surface area (Å²) in [4.78, 5) is 4.64. The molecule has 0 spiro atoms. The molecule has 0 aliphatic heterocycles. The number of methoxy groups -OCH3 is 1. The average Bonchev–Trinajstić information content (AvgIpc) is 2.87. The third kappa shape index (κ3) is 2.74. The van der Waals surface area contributed by atoms with E-state index in [2.05, 4.69) is 38.5 Å². The fraction of sp³-hybridized carbons (Fsp3) is 0.308. The Morgan fingerprint density at radius 1 is 1.44 bits per heavy atom. The maximum atomic E-state index is 5.22. The molecule has 1 aromatic carbocycles. The number of ether oxygens (including phenoxy) is 1. The Morgan fingerprint density at radius 3 is 2.83 bits per heavy atom. The summed E-state index contributed by atoms with van der Waals surface area (Å²) in [6.07, 6.45) is 0. The summed E-state index contributed by atoms with van der Waals surface area (Å²) < 4.78 is 6.17. The second-order valence-electron chi connectivity index (χ2n) is 3.93. The molecule has 3 nitrogen and oxygen atoms in total. The number of benzene rings is 1. The van der Waals surface area contributed by atoms with Crippen molar-refractivity contribution in [2.24, 2.45) is 0 Å². The highest BCUT2D eigenvalue weighted by Gasteiger charge is 2.10. The highest BCUT2D eigenvalue weighted by molar-refractivity contribution is 9.10. The third-order valence-corrected chi connectivity index (χ3v) is 4.42. The summed E-state index contributed by atoms with van der Waals surface area (Å²) in [6, 6.07) is 6.28. The molecule has 0 saturated carbocycles. The monoisotopic (exact) mass is 326 g/mol. The minimum Gasteiger partial charge on any atom is -0.496 e. The molecule has 0 radical (unpaired) electrons. The first kappa shape index (κ1) is 13.5. The van der Waals surface area contributed by atoms with Gasteiger partial charge in [0.1, 0.15) is 10.8 Å². The van der Waals surface area contributed by atoms with Gasteiger partial charge in [0.2, 0.25) is 0 Å². The highest BCUT2D eigenvalue weighted by Crippen LogP contribution is 2.31. The van der Waals surface area contributed by atoms with Crippen LogP contribution in [0.15, 0.2) is 28.1 Å². The SMILES string of the molecule is CNC(C)c1nc(-c2ccc(OC)c(Br)c2)cs1. The molecular formula is C13H15BrN2OS. The minimum atomic E-state index is 0.283. The van der Waals surface area contributed by atoms with E-state index in [1.165, 1.54) is 0 Å². The fourth-order valence-electron chi connectivity index (χ4n) is 1.57. The van der Waals surface area contributed by atoms with Crippen LogP contribution in [-0.2, 0) is 0 Å². The van der Waals surface area contributed by atoms with Gasteiger partial charge >= 0.3 is 0 Å². The average molecular weight is 327 g/mol. The Labute approximate surface area is 119 Å². The van der Waals surface area contributed by atoms with Gasteiger partial charge in [0.15, 0.2) is 0 Å². The van der Waals surface area contributed by atoms with E-state index in [-0.39, 0.29) is 6.04 Å². The van der Waals surface area contributed by atoms with Crippen LogP contribution in [0.25, 0.3) is 11.3 Å². The van der Waals surface area contributed by atoms with Crippen molar-refractivity contribution in [3.05, 3.63) is 33.1 Å². The molecule has 2 aromatic rings. The van der Waals surface area contributed by atoms with E-state index in [9.17, 15) is 0 Å².